The highest BCUT2D eigenvalue weighted by Gasteiger charge is 2.34. The number of aliphatic imine (C=N–C) groups is 1. The Morgan fingerprint density at radius 1 is 1.21 bits per heavy atom. The van der Waals surface area contributed by atoms with Crippen LogP contribution in [0.3, 0.4) is 0 Å². The zero-order valence-electron chi connectivity index (χ0n) is 18.8. The number of hydrogen-bond donors (Lipinski definition) is 3. The van der Waals surface area contributed by atoms with Gasteiger partial charge in [-0.1, -0.05) is 32.4 Å². The Morgan fingerprint density at radius 3 is 2.38 bits per heavy atom. The summed E-state index contributed by atoms with van der Waals surface area (Å²) in [5, 5.41) is 13.2. The second-order valence-electron chi connectivity index (χ2n) is 8.59. The number of furan rings is 1. The maximum Gasteiger partial charge on any atom is 0.345 e. The van der Waals surface area contributed by atoms with Gasteiger partial charge in [0.1, 0.15) is 16.7 Å². The molecule has 1 atom stereocenters. The van der Waals surface area contributed by atoms with Gasteiger partial charge in [0.2, 0.25) is 10.0 Å². The van der Waals surface area contributed by atoms with Gasteiger partial charge in [-0.25, -0.2) is 17.4 Å². The van der Waals surface area contributed by atoms with Crippen LogP contribution >= 0.6 is 23.2 Å². The van der Waals surface area contributed by atoms with E-state index in [2.05, 4.69) is 19.4 Å². The molecule has 0 bridgehead atoms. The average Bonchev–Trinajstić information content (AvgIpc) is 3.22. The highest BCUT2D eigenvalue weighted by molar-refractivity contribution is 7.90. The molecule has 0 spiro atoms. The second kappa shape index (κ2) is 9.04. The minimum Gasteiger partial charge on any atom is -0.504 e. The highest BCUT2D eigenvalue weighted by Crippen LogP contribution is 2.40. The lowest BCUT2D eigenvalue weighted by Gasteiger charge is -2.26. The Morgan fingerprint density at radius 2 is 1.85 bits per heavy atom. The van der Waals surface area contributed by atoms with Gasteiger partial charge in [0.15, 0.2) is 22.6 Å². The van der Waals surface area contributed by atoms with Gasteiger partial charge >= 0.3 is 10.2 Å². The number of phenols is 1. The summed E-state index contributed by atoms with van der Waals surface area (Å²) < 4.78 is 61.9. The first-order valence-electron chi connectivity index (χ1n) is 9.70. The summed E-state index contributed by atoms with van der Waals surface area (Å²) in [6.07, 6.45) is 0. The van der Waals surface area contributed by atoms with Crippen molar-refractivity contribution in [2.24, 2.45) is 14.8 Å². The van der Waals surface area contributed by atoms with E-state index in [0.717, 1.165) is 4.31 Å². The van der Waals surface area contributed by atoms with Crippen molar-refractivity contribution in [1.82, 2.24) is 9.03 Å². The summed E-state index contributed by atoms with van der Waals surface area (Å²) in [4.78, 5) is 3.95. The number of nitrogens with one attached hydrogen (secondary N) is 2. The van der Waals surface area contributed by atoms with Gasteiger partial charge in [0.05, 0.1) is 10.7 Å². The topological polar surface area (TPSA) is 154 Å². The van der Waals surface area contributed by atoms with Gasteiger partial charge in [0, 0.05) is 14.1 Å². The quantitative estimate of drug-likeness (QED) is 0.481. The van der Waals surface area contributed by atoms with E-state index in [4.69, 9.17) is 27.6 Å². The van der Waals surface area contributed by atoms with Crippen LogP contribution in [0.5, 0.6) is 5.75 Å². The van der Waals surface area contributed by atoms with Gasteiger partial charge in [0.25, 0.3) is 0 Å². The zero-order chi connectivity index (χ0) is 25.6. The number of sulfonamides is 1. The maximum absolute atomic E-state index is 12.6. The molecule has 1 aliphatic heterocycles. The molecule has 34 heavy (non-hydrogen) atoms. The Kier molecular flexibility index (Phi) is 6.99. The first kappa shape index (κ1) is 26.3. The Hall–Kier alpha value is -2.32. The fourth-order valence-corrected chi connectivity index (χ4v) is 5.46. The third-order valence-corrected chi connectivity index (χ3v) is 8.07. The molecule has 3 N–H and O–H groups in total. The molecule has 0 aliphatic carbocycles. The summed E-state index contributed by atoms with van der Waals surface area (Å²) in [6.45, 7) is 5.61. The summed E-state index contributed by atoms with van der Waals surface area (Å²) in [6, 6.07) is 5.02. The van der Waals surface area contributed by atoms with Crippen LogP contribution in [0, 0.1) is 5.41 Å². The number of rotatable bonds is 5. The largest absolute Gasteiger partial charge is 0.504 e. The Labute approximate surface area is 207 Å². The molecule has 0 fully saturated rings. The van der Waals surface area contributed by atoms with Crippen LogP contribution in [-0.4, -0.2) is 52.0 Å². The van der Waals surface area contributed by atoms with Crippen LogP contribution in [0.4, 0.5) is 5.69 Å². The van der Waals surface area contributed by atoms with E-state index >= 15 is 0 Å². The number of aromatic hydroxyl groups is 1. The van der Waals surface area contributed by atoms with Crippen LogP contribution in [0.15, 0.2) is 43.0 Å². The number of anilines is 1. The van der Waals surface area contributed by atoms with Crippen molar-refractivity contribution in [2.45, 2.75) is 31.7 Å². The minimum absolute atomic E-state index is 0.143. The predicted octanol–water partition coefficient (Wildman–Crippen LogP) is 3.39. The average molecular weight is 552 g/mol. The molecule has 186 valence electrons. The van der Waals surface area contributed by atoms with E-state index in [1.54, 1.807) is 12.1 Å². The van der Waals surface area contributed by atoms with E-state index in [-0.39, 0.29) is 27.6 Å². The number of nitrogens with zero attached hydrogens (tertiary/aromatic N) is 3. The predicted molar refractivity (Wildman–Crippen MR) is 130 cm³/mol. The van der Waals surface area contributed by atoms with E-state index in [1.807, 2.05) is 20.8 Å². The van der Waals surface area contributed by atoms with Crippen LogP contribution in [0.25, 0.3) is 0 Å². The number of benzene rings is 1. The van der Waals surface area contributed by atoms with E-state index in [9.17, 15) is 21.9 Å². The fraction of sp³-hybridized carbons (Fsp3) is 0.368. The van der Waals surface area contributed by atoms with Gasteiger partial charge < -0.3 is 14.8 Å². The monoisotopic (exact) mass is 551 g/mol. The molecule has 1 aromatic carbocycles. The van der Waals surface area contributed by atoms with Crippen molar-refractivity contribution >= 4 is 60.8 Å². The Bertz CT molecular complexity index is 1390. The third-order valence-electron chi connectivity index (χ3n) is 4.68. The van der Waals surface area contributed by atoms with E-state index < -0.39 is 42.3 Å². The molecule has 0 radical (unpaired) electrons. The fourth-order valence-electron chi connectivity index (χ4n) is 3.02. The molecule has 1 aromatic heterocycles. The standard InChI is InChI=1S/C19H23Cl2N5O6S2/c1-19(2,3)16(12-8-9-13(21)32-12)23-18-17(24-34(30,31)25-18)22-11-7-6-10(20)15(14(11)27)33(28,29)26(4)5/h6-9,16,27H,1-5H3,(H,22,24)(H,23,25)/t16-/m0/s1. The van der Waals surface area contributed by atoms with Crippen LogP contribution in [-0.2, 0) is 20.2 Å². The van der Waals surface area contributed by atoms with Crippen molar-refractivity contribution in [3.63, 3.8) is 0 Å². The lowest BCUT2D eigenvalue weighted by Crippen LogP contribution is -2.32. The first-order valence-corrected chi connectivity index (χ1v) is 13.3. The van der Waals surface area contributed by atoms with Gasteiger partial charge in [-0.05, 0) is 41.3 Å². The molecule has 15 heteroatoms. The van der Waals surface area contributed by atoms with Crippen LogP contribution < -0.4 is 10.0 Å². The highest BCUT2D eigenvalue weighted by atomic mass is 35.5. The smallest absolute Gasteiger partial charge is 0.345 e. The molecule has 1 aliphatic rings. The SMILES string of the molecule is CN(C)S(=O)(=O)c1c(Cl)ccc(NC2=NS(=O)(=O)NC2=N[C@@H](c2ccc(Cl)o2)C(C)(C)C)c1O. The third kappa shape index (κ3) is 5.33. The number of hydrogen-bond acceptors (Lipinski definition) is 8. The molecular weight excluding hydrogens is 529 g/mol. The first-order chi connectivity index (χ1) is 15.5. The molecule has 2 aromatic rings. The maximum atomic E-state index is 12.6. The summed E-state index contributed by atoms with van der Waals surface area (Å²) in [7, 11) is -5.71. The van der Waals surface area contributed by atoms with E-state index in [1.165, 1.54) is 26.2 Å². The lowest BCUT2D eigenvalue weighted by atomic mass is 9.85. The molecule has 0 unspecified atom stereocenters. The van der Waals surface area contributed by atoms with Crippen molar-refractivity contribution < 1.29 is 26.4 Å². The normalized spacial score (nSPS) is 18.1. The Balaban J connectivity index is 2.09. The van der Waals surface area contributed by atoms with E-state index in [0.29, 0.717) is 5.76 Å². The molecule has 3 rings (SSSR count). The number of amidine groups is 2. The van der Waals surface area contributed by atoms with Gasteiger partial charge in [-0.15, -0.1) is 4.40 Å². The number of phenolic OH excluding ortho intramolecular Hbond substituents is 1. The number of halogens is 2. The van der Waals surface area contributed by atoms with Gasteiger partial charge in [-0.2, -0.15) is 8.42 Å². The molecule has 0 amide bonds. The molecule has 11 nitrogen and oxygen atoms in total. The van der Waals surface area contributed by atoms with Crippen molar-refractivity contribution in [2.75, 3.05) is 19.4 Å². The minimum atomic E-state index is -4.15. The molecule has 0 saturated carbocycles. The van der Waals surface area contributed by atoms with Crippen LogP contribution in [0.2, 0.25) is 10.2 Å². The summed E-state index contributed by atoms with van der Waals surface area (Å²) in [5.74, 6) is -0.751. The van der Waals surface area contributed by atoms with Crippen LogP contribution in [0.1, 0.15) is 32.6 Å². The lowest BCUT2D eigenvalue weighted by molar-refractivity contribution is 0.287. The van der Waals surface area contributed by atoms with Crippen molar-refractivity contribution in [3.8, 4) is 5.75 Å². The van der Waals surface area contributed by atoms with Crippen molar-refractivity contribution in [3.05, 3.63) is 40.3 Å². The zero-order valence-corrected chi connectivity index (χ0v) is 21.9. The molecule has 2 heterocycles. The molecule has 0 saturated heterocycles. The second-order valence-corrected chi connectivity index (χ2v) is 12.8. The van der Waals surface area contributed by atoms with Crippen molar-refractivity contribution in [1.29, 1.82) is 0 Å². The van der Waals surface area contributed by atoms with Gasteiger partial charge in [-0.3, -0.25) is 4.99 Å². The summed E-state index contributed by atoms with van der Waals surface area (Å²) >= 11 is 11.9. The molecular formula is C19H23Cl2N5O6S2. The summed E-state index contributed by atoms with van der Waals surface area (Å²) in [5.41, 5.74) is -0.675.